The molecule has 1 aromatic heterocycles. The van der Waals surface area contributed by atoms with Gasteiger partial charge in [-0.05, 0) is 31.2 Å². The summed E-state index contributed by atoms with van der Waals surface area (Å²) >= 11 is 0. The van der Waals surface area contributed by atoms with E-state index < -0.39 is 6.10 Å². The van der Waals surface area contributed by atoms with Gasteiger partial charge in [-0.2, -0.15) is 0 Å². The summed E-state index contributed by atoms with van der Waals surface area (Å²) in [6.45, 7) is 4.96. The lowest BCUT2D eigenvalue weighted by Gasteiger charge is -2.38. The second kappa shape index (κ2) is 8.39. The summed E-state index contributed by atoms with van der Waals surface area (Å²) in [6, 6.07) is 17.1. The standard InChI is InChI=1S/C23H24N4O4/c1-16(21-24-25-22(31-21)17-7-3-2-4-8-17)26-11-13-27(14-12-26)23(28)20-15-29-18-9-5-6-10-19(18)30-20/h2-10,16,20H,11-15H2,1H3/t16-,20-/m1/s1. The van der Waals surface area contributed by atoms with Gasteiger partial charge in [0.15, 0.2) is 11.5 Å². The molecule has 0 spiro atoms. The van der Waals surface area contributed by atoms with Crippen LogP contribution in [0.25, 0.3) is 11.5 Å². The first-order chi connectivity index (χ1) is 15.2. The highest BCUT2D eigenvalue weighted by molar-refractivity contribution is 5.82. The molecular formula is C23H24N4O4. The molecule has 0 aliphatic carbocycles. The normalized spacial score (nSPS) is 19.8. The lowest BCUT2D eigenvalue weighted by Crippen LogP contribution is -2.54. The van der Waals surface area contributed by atoms with Crippen molar-refractivity contribution >= 4 is 5.91 Å². The fraction of sp³-hybridized carbons (Fsp3) is 0.348. The number of hydrogen-bond donors (Lipinski definition) is 0. The molecule has 0 bridgehead atoms. The van der Waals surface area contributed by atoms with Crippen molar-refractivity contribution in [1.82, 2.24) is 20.0 Å². The molecule has 2 atom stereocenters. The molecule has 160 valence electrons. The average molecular weight is 420 g/mol. The number of amides is 1. The van der Waals surface area contributed by atoms with Crippen LogP contribution in [0.15, 0.2) is 59.0 Å². The summed E-state index contributed by atoms with van der Waals surface area (Å²) < 4.78 is 17.5. The van der Waals surface area contributed by atoms with Gasteiger partial charge in [0.05, 0.1) is 6.04 Å². The Kier molecular flexibility index (Phi) is 5.30. The predicted molar refractivity (Wildman–Crippen MR) is 113 cm³/mol. The number of carbonyl (C=O) groups is 1. The van der Waals surface area contributed by atoms with E-state index in [-0.39, 0.29) is 18.6 Å². The van der Waals surface area contributed by atoms with Crippen molar-refractivity contribution in [1.29, 1.82) is 0 Å². The number of hydrogen-bond acceptors (Lipinski definition) is 7. The maximum Gasteiger partial charge on any atom is 0.267 e. The summed E-state index contributed by atoms with van der Waals surface area (Å²) in [5.41, 5.74) is 0.903. The van der Waals surface area contributed by atoms with Gasteiger partial charge in [0.25, 0.3) is 5.91 Å². The number of rotatable bonds is 4. The van der Waals surface area contributed by atoms with Crippen molar-refractivity contribution in [3.63, 3.8) is 0 Å². The lowest BCUT2D eigenvalue weighted by atomic mass is 10.2. The topological polar surface area (TPSA) is 80.9 Å². The molecule has 8 nitrogen and oxygen atoms in total. The van der Waals surface area contributed by atoms with E-state index in [9.17, 15) is 4.79 Å². The van der Waals surface area contributed by atoms with E-state index in [1.54, 1.807) is 0 Å². The highest BCUT2D eigenvalue weighted by atomic mass is 16.6. The van der Waals surface area contributed by atoms with Gasteiger partial charge >= 0.3 is 0 Å². The molecule has 0 N–H and O–H groups in total. The summed E-state index contributed by atoms with van der Waals surface area (Å²) in [4.78, 5) is 17.0. The first-order valence-electron chi connectivity index (χ1n) is 10.5. The van der Waals surface area contributed by atoms with Crippen LogP contribution in [-0.2, 0) is 4.79 Å². The maximum absolute atomic E-state index is 12.9. The Hall–Kier alpha value is -3.39. The Bertz CT molecular complexity index is 1050. The van der Waals surface area contributed by atoms with Gasteiger partial charge in [-0.3, -0.25) is 9.69 Å². The van der Waals surface area contributed by atoms with Crippen molar-refractivity contribution in [2.45, 2.75) is 19.1 Å². The van der Waals surface area contributed by atoms with E-state index in [1.807, 2.05) is 59.5 Å². The number of benzene rings is 2. The van der Waals surface area contributed by atoms with Crippen LogP contribution in [0.4, 0.5) is 0 Å². The molecule has 1 amide bonds. The summed E-state index contributed by atoms with van der Waals surface area (Å²) in [5.74, 6) is 2.36. The molecule has 8 heteroatoms. The van der Waals surface area contributed by atoms with Gasteiger partial charge in [-0.1, -0.05) is 30.3 Å². The van der Waals surface area contributed by atoms with E-state index in [1.165, 1.54) is 0 Å². The van der Waals surface area contributed by atoms with Crippen LogP contribution >= 0.6 is 0 Å². The zero-order chi connectivity index (χ0) is 21.2. The smallest absolute Gasteiger partial charge is 0.267 e. The summed E-state index contributed by atoms with van der Waals surface area (Å²) in [7, 11) is 0. The fourth-order valence-corrected chi connectivity index (χ4v) is 3.93. The third kappa shape index (κ3) is 3.98. The maximum atomic E-state index is 12.9. The van der Waals surface area contributed by atoms with Crippen LogP contribution in [0.2, 0.25) is 0 Å². The minimum atomic E-state index is -0.608. The molecule has 3 heterocycles. The molecular weight excluding hydrogens is 396 g/mol. The Morgan fingerprint density at radius 1 is 0.968 bits per heavy atom. The van der Waals surface area contributed by atoms with Crippen molar-refractivity contribution in [3.8, 4) is 23.0 Å². The third-order valence-corrected chi connectivity index (χ3v) is 5.78. The van der Waals surface area contributed by atoms with E-state index >= 15 is 0 Å². The number of nitrogens with zero attached hydrogens (tertiary/aromatic N) is 4. The van der Waals surface area contributed by atoms with Crippen LogP contribution in [0, 0.1) is 0 Å². The van der Waals surface area contributed by atoms with Crippen LogP contribution in [0.5, 0.6) is 11.5 Å². The Labute approximate surface area is 180 Å². The highest BCUT2D eigenvalue weighted by Crippen LogP contribution is 2.31. The Morgan fingerprint density at radius 2 is 1.68 bits per heavy atom. The monoisotopic (exact) mass is 420 g/mol. The van der Waals surface area contributed by atoms with Crippen molar-refractivity contribution in [2.24, 2.45) is 0 Å². The minimum absolute atomic E-state index is 0.0247. The van der Waals surface area contributed by atoms with Gasteiger partial charge < -0.3 is 18.8 Å². The van der Waals surface area contributed by atoms with Gasteiger partial charge in [-0.15, -0.1) is 10.2 Å². The minimum Gasteiger partial charge on any atom is -0.485 e. The van der Waals surface area contributed by atoms with Crippen LogP contribution in [0.3, 0.4) is 0 Å². The molecule has 2 aliphatic heterocycles. The Morgan fingerprint density at radius 3 is 2.45 bits per heavy atom. The number of piperazine rings is 1. The molecule has 5 rings (SSSR count). The van der Waals surface area contributed by atoms with E-state index in [4.69, 9.17) is 13.9 Å². The van der Waals surface area contributed by atoms with E-state index in [0.717, 1.165) is 18.7 Å². The van der Waals surface area contributed by atoms with Gasteiger partial charge in [-0.25, -0.2) is 0 Å². The third-order valence-electron chi connectivity index (χ3n) is 5.78. The molecule has 2 aromatic carbocycles. The van der Waals surface area contributed by atoms with Crippen LogP contribution in [0.1, 0.15) is 18.9 Å². The predicted octanol–water partition coefficient (Wildman–Crippen LogP) is 2.78. The second-order valence-corrected chi connectivity index (χ2v) is 7.71. The van der Waals surface area contributed by atoms with Crippen molar-refractivity contribution < 1.29 is 18.7 Å². The van der Waals surface area contributed by atoms with Gasteiger partial charge in [0, 0.05) is 31.7 Å². The number of carbonyl (C=O) groups excluding carboxylic acids is 1. The molecule has 1 saturated heterocycles. The quantitative estimate of drug-likeness (QED) is 0.642. The number of aromatic nitrogens is 2. The van der Waals surface area contributed by atoms with Crippen molar-refractivity contribution in [2.75, 3.05) is 32.8 Å². The zero-order valence-corrected chi connectivity index (χ0v) is 17.3. The van der Waals surface area contributed by atoms with E-state index in [2.05, 4.69) is 22.0 Å². The second-order valence-electron chi connectivity index (χ2n) is 7.71. The van der Waals surface area contributed by atoms with Crippen molar-refractivity contribution in [3.05, 3.63) is 60.5 Å². The Balaban J connectivity index is 1.18. The van der Waals surface area contributed by atoms with E-state index in [0.29, 0.717) is 36.4 Å². The number of ether oxygens (including phenoxy) is 2. The first kappa shape index (κ1) is 19.6. The number of fused-ring (bicyclic) bond motifs is 1. The number of para-hydroxylation sites is 2. The first-order valence-corrected chi connectivity index (χ1v) is 10.5. The zero-order valence-electron chi connectivity index (χ0n) is 17.3. The lowest BCUT2D eigenvalue weighted by molar-refractivity contribution is -0.143. The van der Waals surface area contributed by atoms with Gasteiger partial charge in [0.1, 0.15) is 6.61 Å². The SMILES string of the molecule is C[C@H](c1nnc(-c2ccccc2)o1)N1CCN(C(=O)[C@H]2COc3ccccc3O2)CC1. The molecule has 0 saturated carbocycles. The highest BCUT2D eigenvalue weighted by Gasteiger charge is 2.34. The molecule has 31 heavy (non-hydrogen) atoms. The summed E-state index contributed by atoms with van der Waals surface area (Å²) in [6.07, 6.45) is -0.608. The molecule has 0 radical (unpaired) electrons. The molecule has 3 aromatic rings. The fourth-order valence-electron chi connectivity index (χ4n) is 3.93. The largest absolute Gasteiger partial charge is 0.485 e. The molecule has 1 fully saturated rings. The van der Waals surface area contributed by atoms with Crippen LogP contribution < -0.4 is 9.47 Å². The molecule has 2 aliphatic rings. The molecule has 0 unspecified atom stereocenters. The average Bonchev–Trinajstić information content (AvgIpc) is 3.34. The van der Waals surface area contributed by atoms with Crippen LogP contribution in [-0.4, -0.2) is 64.8 Å². The summed E-state index contributed by atoms with van der Waals surface area (Å²) in [5, 5.41) is 8.43. The van der Waals surface area contributed by atoms with Gasteiger partial charge in [0.2, 0.25) is 17.9 Å².